The van der Waals surface area contributed by atoms with Crippen LogP contribution in [0, 0.1) is 5.82 Å². The molecule has 0 aliphatic carbocycles. The molecule has 0 heterocycles. The third kappa shape index (κ3) is 4.09. The summed E-state index contributed by atoms with van der Waals surface area (Å²) in [5, 5.41) is 0. The zero-order chi connectivity index (χ0) is 15.5. The van der Waals surface area contributed by atoms with E-state index in [0.29, 0.717) is 11.3 Å². The lowest BCUT2D eigenvalue weighted by atomic mass is 10.2. The Bertz CT molecular complexity index is 730. The van der Waals surface area contributed by atoms with Gasteiger partial charge in [-0.25, -0.2) is 12.8 Å². The molecule has 0 unspecified atom stereocenters. The van der Waals surface area contributed by atoms with Crippen molar-refractivity contribution < 1.29 is 17.5 Å². The molecule has 3 N–H and O–H groups in total. The van der Waals surface area contributed by atoms with E-state index in [1.54, 1.807) is 24.3 Å². The Morgan fingerprint density at radius 3 is 2.48 bits per heavy atom. The molecule has 0 bridgehead atoms. The average molecular weight is 310 g/mol. The Kier molecular flexibility index (Phi) is 4.32. The van der Waals surface area contributed by atoms with Crippen molar-refractivity contribution in [3.05, 3.63) is 53.8 Å². The van der Waals surface area contributed by atoms with Gasteiger partial charge in [0.05, 0.1) is 18.6 Å². The summed E-state index contributed by atoms with van der Waals surface area (Å²) in [4.78, 5) is 0. The van der Waals surface area contributed by atoms with E-state index in [-0.39, 0.29) is 17.2 Å². The van der Waals surface area contributed by atoms with Crippen molar-refractivity contribution in [3.63, 3.8) is 0 Å². The second-order valence-electron chi connectivity index (χ2n) is 4.45. The molecule has 0 radical (unpaired) electrons. The van der Waals surface area contributed by atoms with E-state index in [2.05, 4.69) is 4.72 Å². The van der Waals surface area contributed by atoms with Gasteiger partial charge >= 0.3 is 0 Å². The van der Waals surface area contributed by atoms with Crippen LogP contribution >= 0.6 is 0 Å². The second kappa shape index (κ2) is 6.01. The number of ether oxygens (including phenoxy) is 1. The summed E-state index contributed by atoms with van der Waals surface area (Å²) >= 11 is 0. The molecule has 2 rings (SSSR count). The summed E-state index contributed by atoms with van der Waals surface area (Å²) < 4.78 is 44.6. The van der Waals surface area contributed by atoms with Gasteiger partial charge in [0.15, 0.2) is 0 Å². The zero-order valence-corrected chi connectivity index (χ0v) is 12.2. The van der Waals surface area contributed by atoms with Gasteiger partial charge in [-0.1, -0.05) is 12.1 Å². The van der Waals surface area contributed by atoms with Gasteiger partial charge in [0, 0.05) is 11.8 Å². The van der Waals surface area contributed by atoms with Crippen LogP contribution in [-0.2, 0) is 15.8 Å². The van der Waals surface area contributed by atoms with Crippen LogP contribution in [0.5, 0.6) is 5.75 Å². The quantitative estimate of drug-likeness (QED) is 0.831. The molecule has 112 valence electrons. The van der Waals surface area contributed by atoms with Crippen LogP contribution in [-0.4, -0.2) is 15.5 Å². The third-order valence-corrected chi connectivity index (χ3v) is 4.01. The van der Waals surface area contributed by atoms with Crippen molar-refractivity contribution in [2.45, 2.75) is 5.75 Å². The summed E-state index contributed by atoms with van der Waals surface area (Å²) in [6, 6.07) is 10.1. The predicted octanol–water partition coefficient (Wildman–Crippen LogP) is 2.36. The minimum atomic E-state index is -3.64. The maximum absolute atomic E-state index is 13.1. The number of rotatable bonds is 5. The second-order valence-corrected chi connectivity index (χ2v) is 6.17. The molecule has 0 aliphatic heterocycles. The van der Waals surface area contributed by atoms with E-state index in [9.17, 15) is 12.8 Å². The molecule has 0 amide bonds. The Morgan fingerprint density at radius 2 is 1.86 bits per heavy atom. The van der Waals surface area contributed by atoms with E-state index in [1.807, 2.05) is 0 Å². The Hall–Kier alpha value is -2.28. The van der Waals surface area contributed by atoms with Crippen LogP contribution in [0.1, 0.15) is 5.56 Å². The number of nitrogens with two attached hydrogens (primary N) is 1. The van der Waals surface area contributed by atoms with Crippen molar-refractivity contribution in [1.29, 1.82) is 0 Å². The van der Waals surface area contributed by atoms with E-state index in [4.69, 9.17) is 10.5 Å². The van der Waals surface area contributed by atoms with E-state index < -0.39 is 15.8 Å². The van der Waals surface area contributed by atoms with Gasteiger partial charge in [0.25, 0.3) is 0 Å². The Balaban J connectivity index is 2.19. The van der Waals surface area contributed by atoms with Gasteiger partial charge in [-0.05, 0) is 29.8 Å². The average Bonchev–Trinajstić information content (AvgIpc) is 2.43. The lowest BCUT2D eigenvalue weighted by Crippen LogP contribution is -2.15. The van der Waals surface area contributed by atoms with Crippen LogP contribution < -0.4 is 15.2 Å². The minimum Gasteiger partial charge on any atom is -0.494 e. The number of hydrogen-bond acceptors (Lipinski definition) is 4. The van der Waals surface area contributed by atoms with Gasteiger partial charge in [0.2, 0.25) is 10.0 Å². The summed E-state index contributed by atoms with van der Waals surface area (Å²) in [6.07, 6.45) is 0. The van der Waals surface area contributed by atoms with Gasteiger partial charge < -0.3 is 10.5 Å². The molecule has 2 aromatic rings. The number of nitrogen functional groups attached to an aromatic ring is 1. The Labute approximate surface area is 122 Å². The van der Waals surface area contributed by atoms with Crippen LogP contribution in [0.3, 0.4) is 0 Å². The summed E-state index contributed by atoms with van der Waals surface area (Å²) in [6.45, 7) is 0. The van der Waals surface area contributed by atoms with Gasteiger partial charge in [-0.2, -0.15) is 0 Å². The largest absolute Gasteiger partial charge is 0.494 e. The topological polar surface area (TPSA) is 81.4 Å². The lowest BCUT2D eigenvalue weighted by molar-refractivity contribution is 0.413. The molecule has 2 aromatic carbocycles. The molecule has 0 aromatic heterocycles. The molecule has 7 heteroatoms. The molecule has 0 atom stereocenters. The number of sulfonamides is 1. The molecular weight excluding hydrogens is 295 g/mol. The van der Waals surface area contributed by atoms with Gasteiger partial charge in [-0.15, -0.1) is 0 Å². The van der Waals surface area contributed by atoms with Crippen molar-refractivity contribution >= 4 is 21.4 Å². The molecule has 0 spiro atoms. The number of halogens is 1. The fourth-order valence-corrected chi connectivity index (χ4v) is 2.99. The zero-order valence-electron chi connectivity index (χ0n) is 11.3. The van der Waals surface area contributed by atoms with Gasteiger partial charge in [-0.3, -0.25) is 4.72 Å². The highest BCUT2D eigenvalue weighted by Crippen LogP contribution is 2.26. The maximum Gasteiger partial charge on any atom is 0.237 e. The summed E-state index contributed by atoms with van der Waals surface area (Å²) in [7, 11) is -2.30. The van der Waals surface area contributed by atoms with Crippen molar-refractivity contribution in [1.82, 2.24) is 0 Å². The first kappa shape index (κ1) is 15.1. The van der Waals surface area contributed by atoms with Crippen LogP contribution in [0.25, 0.3) is 0 Å². The molecule has 0 aliphatic rings. The molecule has 21 heavy (non-hydrogen) atoms. The number of hydrogen-bond donors (Lipinski definition) is 2. The highest BCUT2D eigenvalue weighted by Gasteiger charge is 2.15. The smallest absolute Gasteiger partial charge is 0.237 e. The fourth-order valence-electron chi connectivity index (χ4n) is 1.79. The van der Waals surface area contributed by atoms with Gasteiger partial charge in [0.1, 0.15) is 11.6 Å². The highest BCUT2D eigenvalue weighted by molar-refractivity contribution is 7.91. The van der Waals surface area contributed by atoms with Crippen molar-refractivity contribution in [2.24, 2.45) is 0 Å². The third-order valence-electron chi connectivity index (χ3n) is 2.77. The number of methoxy groups -OCH3 is 1. The first-order chi connectivity index (χ1) is 9.89. The molecule has 0 saturated carbocycles. The SMILES string of the molecule is COc1cc(F)ccc1NS(=O)(=O)Cc1ccc(N)cc1. The Morgan fingerprint density at radius 1 is 1.19 bits per heavy atom. The van der Waals surface area contributed by atoms with Crippen molar-refractivity contribution in [3.8, 4) is 5.75 Å². The monoisotopic (exact) mass is 310 g/mol. The van der Waals surface area contributed by atoms with E-state index in [1.165, 1.54) is 13.2 Å². The molecule has 0 saturated heterocycles. The van der Waals surface area contributed by atoms with Crippen LogP contribution in [0.2, 0.25) is 0 Å². The normalized spacial score (nSPS) is 11.1. The molecular formula is C14H15FN2O3S. The number of anilines is 2. The lowest BCUT2D eigenvalue weighted by Gasteiger charge is -2.12. The van der Waals surface area contributed by atoms with Crippen LogP contribution in [0.4, 0.5) is 15.8 Å². The predicted molar refractivity (Wildman–Crippen MR) is 80.1 cm³/mol. The van der Waals surface area contributed by atoms with Crippen molar-refractivity contribution in [2.75, 3.05) is 17.6 Å². The summed E-state index contributed by atoms with van der Waals surface area (Å²) in [5.41, 5.74) is 6.89. The summed E-state index contributed by atoms with van der Waals surface area (Å²) in [5.74, 6) is -0.599. The molecule has 0 fully saturated rings. The van der Waals surface area contributed by atoms with E-state index >= 15 is 0 Å². The number of nitrogens with one attached hydrogen (secondary N) is 1. The number of benzene rings is 2. The highest BCUT2D eigenvalue weighted by atomic mass is 32.2. The maximum atomic E-state index is 13.1. The van der Waals surface area contributed by atoms with Crippen LogP contribution in [0.15, 0.2) is 42.5 Å². The first-order valence-electron chi connectivity index (χ1n) is 6.08. The fraction of sp³-hybridized carbons (Fsp3) is 0.143. The minimum absolute atomic E-state index is 0.121. The molecule has 5 nitrogen and oxygen atoms in total. The van der Waals surface area contributed by atoms with E-state index in [0.717, 1.165) is 12.1 Å². The standard InChI is InChI=1S/C14H15FN2O3S/c1-20-14-8-11(15)4-7-13(14)17-21(18,19)9-10-2-5-12(16)6-3-10/h2-8,17H,9,16H2,1H3. The first-order valence-corrected chi connectivity index (χ1v) is 7.73.